The molecule has 7 nitrogen and oxygen atoms in total. The molecule has 1 aliphatic rings. The number of hydrogen-bond acceptors (Lipinski definition) is 6. The summed E-state index contributed by atoms with van der Waals surface area (Å²) in [5, 5.41) is 7.81. The summed E-state index contributed by atoms with van der Waals surface area (Å²) in [6.07, 6.45) is 3.62. The predicted octanol–water partition coefficient (Wildman–Crippen LogP) is 2.33. The van der Waals surface area contributed by atoms with Crippen LogP contribution in [0.25, 0.3) is 5.78 Å². The summed E-state index contributed by atoms with van der Waals surface area (Å²) in [5.41, 5.74) is 2.09. The maximum absolute atomic E-state index is 4.53. The molecule has 3 aromatic rings. The quantitative estimate of drug-likeness (QED) is 0.770. The van der Waals surface area contributed by atoms with E-state index in [1.807, 2.05) is 29.6 Å². The standard InChI is InChI=1S/C18H23N7/c1-3-15-9-17(25-18(23-15)20-12-21-25)24-8-7-14(11-24)10-19-16-6-4-5-13(2)22-16/h4-6,9,12,14H,3,7-8,10-11H2,1-2H3,(H,19,22)/t14-/m0/s1. The number of rotatable bonds is 5. The smallest absolute Gasteiger partial charge is 0.254 e. The lowest BCUT2D eigenvalue weighted by Crippen LogP contribution is -2.25. The maximum Gasteiger partial charge on any atom is 0.254 e. The van der Waals surface area contributed by atoms with Gasteiger partial charge in [-0.15, -0.1) is 0 Å². The molecule has 3 aromatic heterocycles. The Morgan fingerprint density at radius 1 is 1.28 bits per heavy atom. The predicted molar refractivity (Wildman–Crippen MR) is 97.9 cm³/mol. The van der Waals surface area contributed by atoms with E-state index in [1.54, 1.807) is 6.33 Å². The van der Waals surface area contributed by atoms with Crippen LogP contribution in [0.15, 0.2) is 30.6 Å². The normalized spacial score (nSPS) is 17.4. The molecule has 1 aliphatic heterocycles. The minimum Gasteiger partial charge on any atom is -0.370 e. The Kier molecular flexibility index (Phi) is 4.21. The molecule has 4 heterocycles. The summed E-state index contributed by atoms with van der Waals surface area (Å²) in [7, 11) is 0. The largest absolute Gasteiger partial charge is 0.370 e. The fraction of sp³-hybridized carbons (Fsp3) is 0.444. The van der Waals surface area contributed by atoms with Gasteiger partial charge in [0.2, 0.25) is 0 Å². The Bertz CT molecular complexity index is 873. The first-order chi connectivity index (χ1) is 12.2. The van der Waals surface area contributed by atoms with Gasteiger partial charge in [-0.1, -0.05) is 13.0 Å². The van der Waals surface area contributed by atoms with Crippen molar-refractivity contribution in [2.24, 2.45) is 5.92 Å². The van der Waals surface area contributed by atoms with E-state index < -0.39 is 0 Å². The van der Waals surface area contributed by atoms with Gasteiger partial charge in [-0.05, 0) is 37.8 Å². The van der Waals surface area contributed by atoms with Crippen LogP contribution in [-0.4, -0.2) is 44.2 Å². The first kappa shape index (κ1) is 15.8. The lowest BCUT2D eigenvalue weighted by Gasteiger charge is -2.20. The van der Waals surface area contributed by atoms with Crippen LogP contribution in [0.1, 0.15) is 24.7 Å². The number of nitrogens with one attached hydrogen (secondary N) is 1. The van der Waals surface area contributed by atoms with Crippen molar-refractivity contribution in [3.8, 4) is 0 Å². The number of aryl methyl sites for hydroxylation is 2. The van der Waals surface area contributed by atoms with Crippen molar-refractivity contribution in [2.45, 2.75) is 26.7 Å². The van der Waals surface area contributed by atoms with E-state index in [-0.39, 0.29) is 0 Å². The van der Waals surface area contributed by atoms with E-state index in [1.165, 1.54) is 0 Å². The van der Waals surface area contributed by atoms with E-state index in [2.05, 4.69) is 43.3 Å². The third kappa shape index (κ3) is 3.26. The Balaban J connectivity index is 1.46. The molecule has 4 rings (SSSR count). The Morgan fingerprint density at radius 2 is 2.20 bits per heavy atom. The van der Waals surface area contributed by atoms with Crippen molar-refractivity contribution in [1.82, 2.24) is 24.6 Å². The van der Waals surface area contributed by atoms with E-state index in [0.29, 0.717) is 11.7 Å². The molecule has 0 bridgehead atoms. The Morgan fingerprint density at radius 3 is 3.04 bits per heavy atom. The molecule has 1 atom stereocenters. The zero-order valence-corrected chi connectivity index (χ0v) is 14.7. The van der Waals surface area contributed by atoms with Gasteiger partial charge in [0, 0.05) is 37.1 Å². The SMILES string of the molecule is CCc1cc(N2CC[C@@H](CNc3cccc(C)n3)C2)n2ncnc2n1. The average Bonchev–Trinajstić information content (AvgIpc) is 3.28. The lowest BCUT2D eigenvalue weighted by molar-refractivity contribution is 0.620. The van der Waals surface area contributed by atoms with Gasteiger partial charge in [-0.25, -0.2) is 9.97 Å². The summed E-state index contributed by atoms with van der Waals surface area (Å²) >= 11 is 0. The van der Waals surface area contributed by atoms with Crippen LogP contribution >= 0.6 is 0 Å². The third-order valence-electron chi connectivity index (χ3n) is 4.72. The molecule has 0 amide bonds. The van der Waals surface area contributed by atoms with Gasteiger partial charge in [-0.2, -0.15) is 14.6 Å². The molecule has 0 aromatic carbocycles. The number of hydrogen-bond donors (Lipinski definition) is 1. The van der Waals surface area contributed by atoms with Crippen LogP contribution in [0, 0.1) is 12.8 Å². The molecule has 1 saturated heterocycles. The lowest BCUT2D eigenvalue weighted by atomic mass is 10.1. The highest BCUT2D eigenvalue weighted by molar-refractivity contribution is 5.48. The minimum absolute atomic E-state index is 0.583. The van der Waals surface area contributed by atoms with Crippen LogP contribution in [0.5, 0.6) is 0 Å². The number of anilines is 2. The topological polar surface area (TPSA) is 71.2 Å². The van der Waals surface area contributed by atoms with E-state index >= 15 is 0 Å². The summed E-state index contributed by atoms with van der Waals surface area (Å²) in [6, 6.07) is 8.21. The molecule has 0 unspecified atom stereocenters. The highest BCUT2D eigenvalue weighted by Crippen LogP contribution is 2.25. The molecule has 0 saturated carbocycles. The molecule has 1 N–H and O–H groups in total. The van der Waals surface area contributed by atoms with Gasteiger partial charge in [-0.3, -0.25) is 0 Å². The second-order valence-electron chi connectivity index (χ2n) is 6.58. The summed E-state index contributed by atoms with van der Waals surface area (Å²) in [4.78, 5) is 15.7. The summed E-state index contributed by atoms with van der Waals surface area (Å²) < 4.78 is 1.84. The first-order valence-electron chi connectivity index (χ1n) is 8.85. The van der Waals surface area contributed by atoms with Crippen LogP contribution in [0.4, 0.5) is 11.6 Å². The maximum atomic E-state index is 4.53. The number of nitrogens with zero attached hydrogens (tertiary/aromatic N) is 6. The average molecular weight is 337 g/mol. The van der Waals surface area contributed by atoms with E-state index in [9.17, 15) is 0 Å². The van der Waals surface area contributed by atoms with Crippen LogP contribution in [0.3, 0.4) is 0 Å². The van der Waals surface area contributed by atoms with E-state index in [0.717, 1.165) is 55.5 Å². The molecule has 0 aliphatic carbocycles. The van der Waals surface area contributed by atoms with Crippen molar-refractivity contribution in [3.05, 3.63) is 42.0 Å². The van der Waals surface area contributed by atoms with Gasteiger partial charge < -0.3 is 10.2 Å². The van der Waals surface area contributed by atoms with Gasteiger partial charge >= 0.3 is 0 Å². The van der Waals surface area contributed by atoms with Crippen LogP contribution in [-0.2, 0) is 6.42 Å². The fourth-order valence-corrected chi connectivity index (χ4v) is 3.35. The Hall–Kier alpha value is -2.70. The van der Waals surface area contributed by atoms with E-state index in [4.69, 9.17) is 0 Å². The van der Waals surface area contributed by atoms with Gasteiger partial charge in [0.1, 0.15) is 18.0 Å². The second-order valence-corrected chi connectivity index (χ2v) is 6.58. The molecule has 130 valence electrons. The van der Waals surface area contributed by atoms with Gasteiger partial charge in [0.15, 0.2) is 0 Å². The van der Waals surface area contributed by atoms with Gasteiger partial charge in [0.05, 0.1) is 0 Å². The molecule has 25 heavy (non-hydrogen) atoms. The highest BCUT2D eigenvalue weighted by Gasteiger charge is 2.25. The zero-order chi connectivity index (χ0) is 17.2. The third-order valence-corrected chi connectivity index (χ3v) is 4.72. The zero-order valence-electron chi connectivity index (χ0n) is 14.7. The fourth-order valence-electron chi connectivity index (χ4n) is 3.35. The molecule has 0 spiro atoms. The first-order valence-corrected chi connectivity index (χ1v) is 8.85. The van der Waals surface area contributed by atoms with Gasteiger partial charge in [0.25, 0.3) is 5.78 Å². The Labute approximate surface area is 147 Å². The van der Waals surface area contributed by atoms with Crippen molar-refractivity contribution in [2.75, 3.05) is 29.9 Å². The van der Waals surface area contributed by atoms with Crippen LogP contribution < -0.4 is 10.2 Å². The number of fused-ring (bicyclic) bond motifs is 1. The second kappa shape index (κ2) is 6.66. The number of aromatic nitrogens is 5. The van der Waals surface area contributed by atoms with Crippen molar-refractivity contribution >= 4 is 17.4 Å². The van der Waals surface area contributed by atoms with Crippen molar-refractivity contribution < 1.29 is 0 Å². The monoisotopic (exact) mass is 337 g/mol. The molecule has 7 heteroatoms. The molecule has 0 radical (unpaired) electrons. The number of pyridine rings is 1. The molecule has 1 fully saturated rings. The molecular weight excluding hydrogens is 314 g/mol. The summed E-state index contributed by atoms with van der Waals surface area (Å²) in [6.45, 7) is 7.08. The highest BCUT2D eigenvalue weighted by atomic mass is 15.4. The summed E-state index contributed by atoms with van der Waals surface area (Å²) in [5.74, 6) is 3.31. The van der Waals surface area contributed by atoms with Crippen molar-refractivity contribution in [3.63, 3.8) is 0 Å². The minimum atomic E-state index is 0.583. The molecular formula is C18H23N7. The van der Waals surface area contributed by atoms with Crippen LogP contribution in [0.2, 0.25) is 0 Å². The van der Waals surface area contributed by atoms with Crippen molar-refractivity contribution in [1.29, 1.82) is 0 Å².